The van der Waals surface area contributed by atoms with Crippen LogP contribution in [-0.4, -0.2) is 33.2 Å². The molecule has 0 radical (unpaired) electrons. The Morgan fingerprint density at radius 1 is 1.14 bits per heavy atom. The highest BCUT2D eigenvalue weighted by Gasteiger charge is 2.25. The van der Waals surface area contributed by atoms with Gasteiger partial charge in [0, 0.05) is 18.0 Å². The molecule has 0 N–H and O–H groups in total. The van der Waals surface area contributed by atoms with Crippen molar-refractivity contribution in [1.29, 1.82) is 0 Å². The van der Waals surface area contributed by atoms with E-state index in [1.807, 2.05) is 23.5 Å². The number of likely N-dealkylation sites (tertiary alicyclic amines) is 1. The van der Waals surface area contributed by atoms with Crippen molar-refractivity contribution in [2.75, 3.05) is 13.1 Å². The third-order valence-corrected chi connectivity index (χ3v) is 6.45. The molecule has 0 unspecified atom stereocenters. The summed E-state index contributed by atoms with van der Waals surface area (Å²) in [4.78, 5) is 7.28. The van der Waals surface area contributed by atoms with Crippen molar-refractivity contribution in [3.05, 3.63) is 65.0 Å². The number of rotatable bonds is 4. The SMILES string of the molecule is Cc1cccc(-c2nnc(CN3CCC[C@@H](c4nc5ccccc5s4)C3)o2)c1. The second kappa shape index (κ2) is 7.45. The number of benzene rings is 2. The van der Waals surface area contributed by atoms with Gasteiger partial charge in [-0.05, 0) is 50.6 Å². The van der Waals surface area contributed by atoms with E-state index in [2.05, 4.69) is 58.4 Å². The monoisotopic (exact) mass is 390 g/mol. The van der Waals surface area contributed by atoms with Crippen LogP contribution in [-0.2, 0) is 6.54 Å². The molecule has 1 fully saturated rings. The predicted octanol–water partition coefficient (Wildman–Crippen LogP) is 5.03. The molecule has 2 aromatic heterocycles. The van der Waals surface area contributed by atoms with Crippen LogP contribution >= 0.6 is 11.3 Å². The fourth-order valence-electron chi connectivity index (χ4n) is 3.87. The maximum absolute atomic E-state index is 5.94. The summed E-state index contributed by atoms with van der Waals surface area (Å²) in [5.41, 5.74) is 3.27. The number of piperidine rings is 1. The number of hydrogen-bond acceptors (Lipinski definition) is 6. The minimum Gasteiger partial charge on any atom is -0.419 e. The number of fused-ring (bicyclic) bond motifs is 1. The van der Waals surface area contributed by atoms with Crippen molar-refractivity contribution in [1.82, 2.24) is 20.1 Å². The van der Waals surface area contributed by atoms with Crippen LogP contribution in [0.4, 0.5) is 0 Å². The van der Waals surface area contributed by atoms with Gasteiger partial charge in [-0.2, -0.15) is 0 Å². The van der Waals surface area contributed by atoms with E-state index >= 15 is 0 Å². The van der Waals surface area contributed by atoms with Crippen LogP contribution in [0.3, 0.4) is 0 Å². The molecule has 0 amide bonds. The van der Waals surface area contributed by atoms with Crippen LogP contribution in [0.25, 0.3) is 21.7 Å². The fraction of sp³-hybridized carbons (Fsp3) is 0.318. The van der Waals surface area contributed by atoms with Gasteiger partial charge in [0.25, 0.3) is 0 Å². The first-order valence-corrected chi connectivity index (χ1v) is 10.5. The number of hydrogen-bond donors (Lipinski definition) is 0. The summed E-state index contributed by atoms with van der Waals surface area (Å²) in [6.45, 7) is 4.81. The second-order valence-electron chi connectivity index (χ2n) is 7.46. The van der Waals surface area contributed by atoms with Gasteiger partial charge in [-0.1, -0.05) is 29.8 Å². The molecule has 0 saturated carbocycles. The third-order valence-electron chi connectivity index (χ3n) is 5.26. The highest BCUT2D eigenvalue weighted by Crippen LogP contribution is 2.33. The highest BCUT2D eigenvalue weighted by molar-refractivity contribution is 7.18. The summed E-state index contributed by atoms with van der Waals surface area (Å²) in [7, 11) is 0. The van der Waals surface area contributed by atoms with E-state index in [0.29, 0.717) is 24.2 Å². The van der Waals surface area contributed by atoms with E-state index in [1.165, 1.54) is 28.1 Å². The summed E-state index contributed by atoms with van der Waals surface area (Å²) in [6, 6.07) is 16.6. The van der Waals surface area contributed by atoms with Gasteiger partial charge in [-0.3, -0.25) is 4.90 Å². The highest BCUT2D eigenvalue weighted by atomic mass is 32.1. The minimum atomic E-state index is 0.477. The average Bonchev–Trinajstić information content (AvgIpc) is 3.35. The largest absolute Gasteiger partial charge is 0.419 e. The number of thiazole rings is 1. The standard InChI is InChI=1S/C22H22N4OS/c1-15-6-4-7-16(12-15)21-25-24-20(27-21)14-26-11-5-8-17(13-26)22-23-18-9-2-3-10-19(18)28-22/h2-4,6-7,9-10,12,17H,5,8,11,13-14H2,1H3/t17-/m1/s1. The molecule has 5 rings (SSSR count). The van der Waals surface area contributed by atoms with E-state index in [-0.39, 0.29) is 0 Å². The number of aromatic nitrogens is 3. The van der Waals surface area contributed by atoms with Crippen LogP contribution in [0.15, 0.2) is 52.9 Å². The van der Waals surface area contributed by atoms with Crippen molar-refractivity contribution in [3.8, 4) is 11.5 Å². The van der Waals surface area contributed by atoms with Crippen molar-refractivity contribution < 1.29 is 4.42 Å². The topological polar surface area (TPSA) is 55.1 Å². The van der Waals surface area contributed by atoms with E-state index in [4.69, 9.17) is 9.40 Å². The molecule has 1 saturated heterocycles. The van der Waals surface area contributed by atoms with Gasteiger partial charge in [-0.25, -0.2) is 4.98 Å². The van der Waals surface area contributed by atoms with Crippen molar-refractivity contribution in [2.24, 2.45) is 0 Å². The molecule has 1 aliphatic heterocycles. The number of aryl methyl sites for hydroxylation is 1. The smallest absolute Gasteiger partial charge is 0.247 e. The van der Waals surface area contributed by atoms with Gasteiger partial charge in [0.2, 0.25) is 11.8 Å². The normalized spacial score (nSPS) is 18.0. The Bertz CT molecular complexity index is 1070. The van der Waals surface area contributed by atoms with Crippen LogP contribution in [0.1, 0.15) is 35.2 Å². The lowest BCUT2D eigenvalue weighted by Crippen LogP contribution is -2.33. The fourth-order valence-corrected chi connectivity index (χ4v) is 4.96. The zero-order chi connectivity index (χ0) is 18.9. The molecule has 6 heteroatoms. The minimum absolute atomic E-state index is 0.477. The van der Waals surface area contributed by atoms with Crippen LogP contribution in [0.2, 0.25) is 0 Å². The first-order chi connectivity index (χ1) is 13.7. The lowest BCUT2D eigenvalue weighted by atomic mass is 9.99. The first-order valence-electron chi connectivity index (χ1n) is 9.72. The Kier molecular flexibility index (Phi) is 4.66. The zero-order valence-corrected chi connectivity index (χ0v) is 16.7. The van der Waals surface area contributed by atoms with E-state index in [0.717, 1.165) is 24.2 Å². The quantitative estimate of drug-likeness (QED) is 0.489. The van der Waals surface area contributed by atoms with Crippen molar-refractivity contribution in [3.63, 3.8) is 0 Å². The van der Waals surface area contributed by atoms with Gasteiger partial charge in [0.05, 0.1) is 21.8 Å². The molecule has 4 aromatic rings. The lowest BCUT2D eigenvalue weighted by Gasteiger charge is -2.30. The lowest BCUT2D eigenvalue weighted by molar-refractivity contribution is 0.184. The van der Waals surface area contributed by atoms with E-state index < -0.39 is 0 Å². The van der Waals surface area contributed by atoms with Gasteiger partial charge in [0.15, 0.2) is 0 Å². The Morgan fingerprint density at radius 2 is 2.07 bits per heavy atom. The number of nitrogens with zero attached hydrogens (tertiary/aromatic N) is 4. The summed E-state index contributed by atoms with van der Waals surface area (Å²) in [5, 5.41) is 9.77. The second-order valence-corrected chi connectivity index (χ2v) is 8.53. The molecule has 2 aromatic carbocycles. The predicted molar refractivity (Wildman–Crippen MR) is 111 cm³/mol. The Labute approximate surface area is 168 Å². The average molecular weight is 391 g/mol. The summed E-state index contributed by atoms with van der Waals surface area (Å²) < 4.78 is 7.21. The Hall–Kier alpha value is -2.57. The van der Waals surface area contributed by atoms with E-state index in [9.17, 15) is 0 Å². The molecule has 142 valence electrons. The van der Waals surface area contributed by atoms with Crippen molar-refractivity contribution >= 4 is 21.6 Å². The molecular weight excluding hydrogens is 368 g/mol. The molecule has 1 aliphatic rings. The Morgan fingerprint density at radius 3 is 2.96 bits per heavy atom. The Balaban J connectivity index is 1.29. The van der Waals surface area contributed by atoms with Crippen molar-refractivity contribution in [2.45, 2.75) is 32.2 Å². The van der Waals surface area contributed by atoms with Gasteiger partial charge in [-0.15, -0.1) is 21.5 Å². The maximum atomic E-state index is 5.94. The zero-order valence-electron chi connectivity index (χ0n) is 15.8. The van der Waals surface area contributed by atoms with Gasteiger partial charge < -0.3 is 4.42 Å². The summed E-state index contributed by atoms with van der Waals surface area (Å²) >= 11 is 1.83. The van der Waals surface area contributed by atoms with Gasteiger partial charge in [0.1, 0.15) is 0 Å². The molecule has 0 aliphatic carbocycles. The van der Waals surface area contributed by atoms with Crippen LogP contribution in [0.5, 0.6) is 0 Å². The molecule has 0 bridgehead atoms. The maximum Gasteiger partial charge on any atom is 0.247 e. The van der Waals surface area contributed by atoms with Crippen LogP contribution < -0.4 is 0 Å². The molecule has 28 heavy (non-hydrogen) atoms. The summed E-state index contributed by atoms with van der Waals surface area (Å²) in [6.07, 6.45) is 2.36. The van der Waals surface area contributed by atoms with Crippen LogP contribution in [0, 0.1) is 6.92 Å². The number of para-hydroxylation sites is 1. The first kappa shape index (κ1) is 17.5. The van der Waals surface area contributed by atoms with Gasteiger partial charge >= 0.3 is 0 Å². The molecule has 3 heterocycles. The molecular formula is C22H22N4OS. The third kappa shape index (κ3) is 3.57. The van der Waals surface area contributed by atoms with E-state index in [1.54, 1.807) is 0 Å². The summed E-state index contributed by atoms with van der Waals surface area (Å²) in [5.74, 6) is 1.75. The molecule has 1 atom stereocenters. The molecule has 0 spiro atoms. The molecule has 5 nitrogen and oxygen atoms in total.